The molecule has 0 radical (unpaired) electrons. The number of pyridine rings is 1. The van der Waals surface area contributed by atoms with Crippen LogP contribution < -0.4 is 13.8 Å². The van der Waals surface area contributed by atoms with E-state index in [-0.39, 0.29) is 55.5 Å². The quantitative estimate of drug-likeness (QED) is 0.154. The normalized spacial score (nSPS) is 14.2. The Hall–Kier alpha value is -3.27. The molecule has 0 unspecified atom stereocenters. The number of ketones is 2. The van der Waals surface area contributed by atoms with Crippen molar-refractivity contribution in [1.29, 1.82) is 0 Å². The topological polar surface area (TPSA) is 50.3 Å². The number of hydrogen-bond donors (Lipinski definition) is 0. The molecule has 0 atom stereocenters. The van der Waals surface area contributed by atoms with Gasteiger partial charge in [-0.3, -0.25) is 0 Å². The van der Waals surface area contributed by atoms with E-state index in [0.717, 1.165) is 21.0 Å². The molecule has 1 aliphatic heterocycles. The summed E-state index contributed by atoms with van der Waals surface area (Å²) >= 11 is 0.415. The number of para-hydroxylation sites is 1. The molecule has 0 amide bonds. The number of Topliss-reactive ketones (excluding diaryl/α,β-unsaturated/α-hetero) is 2. The molecule has 0 N–H and O–H groups in total. The van der Waals surface area contributed by atoms with Crippen LogP contribution in [0.2, 0.25) is 0 Å². The Morgan fingerprint density at radius 3 is 2.16 bits per heavy atom. The number of aromatic nitrogens is 1. The Morgan fingerprint density at radius 2 is 1.39 bits per heavy atom. The summed E-state index contributed by atoms with van der Waals surface area (Å²) in [6.45, 7) is 0. The minimum absolute atomic E-state index is 0.0536. The van der Waals surface area contributed by atoms with Crippen molar-refractivity contribution in [2.45, 2.75) is 0 Å². The molecule has 0 bridgehead atoms. The Kier molecular flexibility index (Phi) is 5.15. The third-order valence-electron chi connectivity index (χ3n) is 6.87. The third-order valence-corrected chi connectivity index (χ3v) is 14.2. The monoisotopic (exact) mass is 688 g/mol. The maximum absolute atomic E-state index is 13.2. The van der Waals surface area contributed by atoms with Crippen LogP contribution in [0.1, 0.15) is 25.2 Å². The molecule has 6 aromatic rings. The number of benzene rings is 3. The number of anilines is 3. The van der Waals surface area contributed by atoms with Crippen molar-refractivity contribution in [2.75, 3.05) is 4.90 Å². The summed E-state index contributed by atoms with van der Waals surface area (Å²) < 4.78 is 7.75. The van der Waals surface area contributed by atoms with Crippen molar-refractivity contribution < 1.29 is 9.59 Å². The second-order valence-electron chi connectivity index (χ2n) is 9.15. The van der Waals surface area contributed by atoms with Gasteiger partial charge in [0.25, 0.3) is 0 Å². The first-order valence-electron chi connectivity index (χ1n) is 12.0. The van der Waals surface area contributed by atoms with Crippen LogP contribution in [-0.2, 0) is 0 Å². The van der Waals surface area contributed by atoms with Crippen LogP contribution in [0, 0.1) is 0 Å². The van der Waals surface area contributed by atoms with E-state index in [4.69, 9.17) is 4.98 Å². The predicted molar refractivity (Wildman–Crippen MR) is 156 cm³/mol. The maximum atomic E-state index is 13.2. The molecule has 0 fully saturated rings. The van der Waals surface area contributed by atoms with Gasteiger partial charge in [-0.2, -0.15) is 0 Å². The van der Waals surface area contributed by atoms with E-state index in [1.807, 2.05) is 54.7 Å². The number of allylic oxidation sites excluding steroid dienone is 1. The molecule has 3 aromatic heterocycles. The Morgan fingerprint density at radius 1 is 0.711 bits per heavy atom. The van der Waals surface area contributed by atoms with Crippen LogP contribution in [0.15, 0.2) is 96.7 Å². The van der Waals surface area contributed by atoms with Crippen molar-refractivity contribution >= 4 is 106 Å². The van der Waals surface area contributed by atoms with Gasteiger partial charge in [-0.25, -0.2) is 0 Å². The Labute approximate surface area is 236 Å². The number of fused-ring (bicyclic) bond motifs is 5. The van der Waals surface area contributed by atoms with Gasteiger partial charge >= 0.3 is 238 Å². The van der Waals surface area contributed by atoms with Crippen LogP contribution in [0.3, 0.4) is 0 Å². The molecular formula is C31H16N2O2Se3. The molecule has 1 aliphatic carbocycles. The molecule has 4 nitrogen and oxygen atoms in total. The van der Waals surface area contributed by atoms with Crippen LogP contribution in [-0.4, -0.2) is 60.5 Å². The zero-order valence-electron chi connectivity index (χ0n) is 19.7. The van der Waals surface area contributed by atoms with Crippen LogP contribution in [0.5, 0.6) is 0 Å². The van der Waals surface area contributed by atoms with Crippen molar-refractivity contribution in [2.24, 2.45) is 0 Å². The zero-order chi connectivity index (χ0) is 25.4. The van der Waals surface area contributed by atoms with Gasteiger partial charge in [0.2, 0.25) is 0 Å². The van der Waals surface area contributed by atoms with Gasteiger partial charge in [-0.15, -0.1) is 0 Å². The van der Waals surface area contributed by atoms with E-state index >= 15 is 0 Å². The molecule has 38 heavy (non-hydrogen) atoms. The number of hydrogen-bond acceptors (Lipinski definition) is 4. The number of nitrogens with zero attached hydrogens (tertiary/aromatic N) is 2. The van der Waals surface area contributed by atoms with E-state index in [9.17, 15) is 9.59 Å². The standard InChI is InChI=1S/C31H16N2O2Se3/c34-29-20-12-17-6-1-2-7-18(17)13-21(20)30(35)22(29)14-19-15-26-27(36-19)16-28(38-26)33-23-8-3-4-9-24(23)37-25-10-5-11-32-31(25)33/h1-16H. The summed E-state index contributed by atoms with van der Waals surface area (Å²) in [5.41, 5.74) is 2.58. The molecule has 0 saturated carbocycles. The average Bonchev–Trinajstić information content (AvgIpc) is 3.58. The number of rotatable bonds is 2. The van der Waals surface area contributed by atoms with E-state index in [2.05, 4.69) is 47.4 Å². The predicted octanol–water partition coefficient (Wildman–Crippen LogP) is 4.40. The molecule has 7 heteroatoms. The summed E-state index contributed by atoms with van der Waals surface area (Å²) in [5, 5.41) is 1.96. The summed E-state index contributed by atoms with van der Waals surface area (Å²) in [6.07, 6.45) is 3.73. The fraction of sp³-hybridized carbons (Fsp3) is 0. The van der Waals surface area contributed by atoms with Gasteiger partial charge < -0.3 is 0 Å². The molecule has 180 valence electrons. The van der Waals surface area contributed by atoms with E-state index in [1.54, 1.807) is 0 Å². The van der Waals surface area contributed by atoms with Crippen molar-refractivity contribution in [3.63, 3.8) is 0 Å². The van der Waals surface area contributed by atoms with Crippen LogP contribution in [0.4, 0.5) is 16.1 Å². The van der Waals surface area contributed by atoms with Gasteiger partial charge in [0.05, 0.1) is 0 Å². The van der Waals surface area contributed by atoms with Crippen LogP contribution in [0.25, 0.3) is 25.4 Å². The van der Waals surface area contributed by atoms with Gasteiger partial charge in [0.15, 0.2) is 0 Å². The van der Waals surface area contributed by atoms with Gasteiger partial charge in [-0.1, -0.05) is 0 Å². The number of carbonyl (C=O) groups is 2. The van der Waals surface area contributed by atoms with Crippen LogP contribution >= 0.6 is 0 Å². The first-order valence-corrected chi connectivity index (χ1v) is 17.2. The molecule has 0 spiro atoms. The Balaban J connectivity index is 1.18. The fourth-order valence-electron chi connectivity index (χ4n) is 5.12. The second kappa shape index (κ2) is 8.62. The molecule has 3 aromatic carbocycles. The first kappa shape index (κ1) is 22.7. The van der Waals surface area contributed by atoms with Gasteiger partial charge in [0, 0.05) is 0 Å². The first-order chi connectivity index (χ1) is 18.6. The summed E-state index contributed by atoms with van der Waals surface area (Å²) in [5.74, 6) is 0.734. The average molecular weight is 685 g/mol. The van der Waals surface area contributed by atoms with E-state index < -0.39 is 0 Å². The molecule has 8 rings (SSSR count). The van der Waals surface area contributed by atoms with Gasteiger partial charge in [0.1, 0.15) is 0 Å². The zero-order valence-corrected chi connectivity index (χ0v) is 24.8. The fourth-order valence-corrected chi connectivity index (χ4v) is 13.1. The second-order valence-corrected chi connectivity index (χ2v) is 16.0. The van der Waals surface area contributed by atoms with Crippen molar-refractivity contribution in [3.05, 3.63) is 112 Å². The SMILES string of the molecule is O=C1C(=Cc2cc3[se]c(N4c5ccccc5[Se]c5cccnc54)cc3[se]2)C(=O)c2cc3ccccc3cc21. The van der Waals surface area contributed by atoms with E-state index in [0.29, 0.717) is 16.7 Å². The molecule has 0 saturated heterocycles. The molecule has 4 heterocycles. The molecular weight excluding hydrogens is 669 g/mol. The number of carbonyl (C=O) groups excluding carboxylic acids is 2. The van der Waals surface area contributed by atoms with Gasteiger partial charge in [-0.05, 0) is 0 Å². The molecule has 2 aliphatic rings. The third kappa shape index (κ3) is 3.45. The Bertz CT molecular complexity index is 1880. The van der Waals surface area contributed by atoms with Crippen molar-refractivity contribution in [1.82, 2.24) is 4.98 Å². The van der Waals surface area contributed by atoms with E-state index in [1.165, 1.54) is 27.7 Å². The summed E-state index contributed by atoms with van der Waals surface area (Å²) in [4.78, 5) is 33.6. The van der Waals surface area contributed by atoms with Crippen molar-refractivity contribution in [3.8, 4) is 0 Å². The summed E-state index contributed by atoms with van der Waals surface area (Å²) in [7, 11) is 0. The minimum atomic E-state index is -0.157. The summed E-state index contributed by atoms with van der Waals surface area (Å²) in [6, 6.07) is 29.0.